The van der Waals surface area contributed by atoms with E-state index in [9.17, 15) is 18.0 Å². The Morgan fingerprint density at radius 1 is 1.28 bits per heavy atom. The Labute approximate surface area is 147 Å². The summed E-state index contributed by atoms with van der Waals surface area (Å²) in [5.74, 6) is -1.44. The van der Waals surface area contributed by atoms with Crippen LogP contribution < -0.4 is 10.1 Å². The highest BCUT2D eigenvalue weighted by atomic mass is 32.2. The monoisotopic (exact) mass is 372 g/mol. The molecule has 0 bridgehead atoms. The highest BCUT2D eigenvalue weighted by molar-refractivity contribution is 7.89. The first kappa shape index (κ1) is 20.9. The molecule has 2 N–H and O–H groups in total. The molecule has 0 spiro atoms. The Kier molecular flexibility index (Phi) is 6.55. The minimum atomic E-state index is -3.77. The lowest BCUT2D eigenvalue weighted by atomic mass is 9.89. The first-order valence-corrected chi connectivity index (χ1v) is 9.08. The van der Waals surface area contributed by atoms with E-state index in [-0.39, 0.29) is 29.4 Å². The van der Waals surface area contributed by atoms with Gasteiger partial charge in [0.2, 0.25) is 15.9 Å². The van der Waals surface area contributed by atoms with Crippen LogP contribution in [0.3, 0.4) is 0 Å². The van der Waals surface area contributed by atoms with Crippen molar-refractivity contribution in [2.75, 3.05) is 26.0 Å². The smallest absolute Gasteiger partial charge is 0.309 e. The minimum Gasteiger partial charge on any atom is -0.492 e. The minimum absolute atomic E-state index is 0.0744. The van der Waals surface area contributed by atoms with Crippen LogP contribution >= 0.6 is 0 Å². The molecule has 0 saturated carbocycles. The molecule has 0 aliphatic heterocycles. The van der Waals surface area contributed by atoms with E-state index in [2.05, 4.69) is 5.32 Å². The maximum Gasteiger partial charge on any atom is 0.309 e. The molecule has 25 heavy (non-hydrogen) atoms. The van der Waals surface area contributed by atoms with Gasteiger partial charge >= 0.3 is 5.97 Å². The molecule has 8 nitrogen and oxygen atoms in total. The number of anilines is 1. The first-order valence-electron chi connectivity index (χ1n) is 7.64. The molecule has 1 rings (SSSR count). The quantitative estimate of drug-likeness (QED) is 0.719. The van der Waals surface area contributed by atoms with Crippen LogP contribution in [0.4, 0.5) is 5.69 Å². The average molecular weight is 372 g/mol. The number of carbonyl (C=O) groups is 2. The zero-order valence-corrected chi connectivity index (χ0v) is 15.8. The van der Waals surface area contributed by atoms with Gasteiger partial charge in [0.15, 0.2) is 0 Å². The predicted molar refractivity (Wildman–Crippen MR) is 93.1 cm³/mol. The molecule has 0 fully saturated rings. The third-order valence-corrected chi connectivity index (χ3v) is 5.30. The van der Waals surface area contributed by atoms with Crippen LogP contribution in [0.5, 0.6) is 5.75 Å². The topological polar surface area (TPSA) is 113 Å². The number of carbonyl (C=O) groups excluding carboxylic acids is 1. The van der Waals surface area contributed by atoms with E-state index in [0.717, 1.165) is 4.31 Å². The van der Waals surface area contributed by atoms with Gasteiger partial charge in [-0.15, -0.1) is 0 Å². The molecule has 0 aromatic heterocycles. The number of carboxylic acid groups (broad SMARTS) is 1. The first-order chi connectivity index (χ1) is 11.4. The maximum absolute atomic E-state index is 12.4. The Morgan fingerprint density at radius 2 is 1.88 bits per heavy atom. The lowest BCUT2D eigenvalue weighted by molar-refractivity contribution is -0.148. The van der Waals surface area contributed by atoms with Gasteiger partial charge in [-0.2, -0.15) is 0 Å². The molecule has 1 amide bonds. The number of aliphatic carboxylic acids is 1. The van der Waals surface area contributed by atoms with Crippen molar-refractivity contribution >= 4 is 27.6 Å². The normalized spacial score (nSPS) is 12.1. The van der Waals surface area contributed by atoms with Gasteiger partial charge in [-0.05, 0) is 39.0 Å². The fourth-order valence-electron chi connectivity index (χ4n) is 1.94. The number of carboxylic acids is 1. The number of benzene rings is 1. The number of ether oxygens (including phenoxy) is 1. The second-order valence-electron chi connectivity index (χ2n) is 6.30. The van der Waals surface area contributed by atoms with Gasteiger partial charge in [0.05, 0.1) is 12.0 Å². The number of rotatable bonds is 8. The summed E-state index contributed by atoms with van der Waals surface area (Å²) in [7, 11) is -0.985. The van der Waals surface area contributed by atoms with Crippen LogP contribution in [0.2, 0.25) is 0 Å². The fourth-order valence-corrected chi connectivity index (χ4v) is 2.99. The van der Waals surface area contributed by atoms with Crippen LogP contribution in [0.25, 0.3) is 0 Å². The molecule has 0 atom stereocenters. The highest BCUT2D eigenvalue weighted by Crippen LogP contribution is 2.30. The Hall–Kier alpha value is -2.13. The van der Waals surface area contributed by atoms with Crippen molar-refractivity contribution in [1.82, 2.24) is 4.31 Å². The van der Waals surface area contributed by atoms with Crippen LogP contribution in [-0.2, 0) is 19.6 Å². The van der Waals surface area contributed by atoms with E-state index in [1.807, 2.05) is 0 Å². The van der Waals surface area contributed by atoms with E-state index >= 15 is 0 Å². The number of nitrogens with zero attached hydrogens (tertiary/aromatic N) is 1. The lowest BCUT2D eigenvalue weighted by Crippen LogP contribution is -2.29. The van der Waals surface area contributed by atoms with Gasteiger partial charge in [-0.1, -0.05) is 0 Å². The third kappa shape index (κ3) is 5.17. The van der Waals surface area contributed by atoms with E-state index in [1.165, 1.54) is 46.1 Å². The summed E-state index contributed by atoms with van der Waals surface area (Å²) in [6.07, 6.45) is -0.245. The molecule has 0 heterocycles. The molecular formula is C16H24N2O6S. The van der Waals surface area contributed by atoms with Crippen molar-refractivity contribution in [2.24, 2.45) is 5.41 Å². The Morgan fingerprint density at radius 3 is 2.36 bits per heavy atom. The van der Waals surface area contributed by atoms with Crippen LogP contribution in [0.15, 0.2) is 23.1 Å². The van der Waals surface area contributed by atoms with Gasteiger partial charge in [0.1, 0.15) is 10.6 Å². The van der Waals surface area contributed by atoms with Crippen LogP contribution in [-0.4, -0.2) is 50.4 Å². The molecule has 140 valence electrons. The maximum atomic E-state index is 12.4. The van der Waals surface area contributed by atoms with Crippen molar-refractivity contribution in [2.45, 2.75) is 32.1 Å². The average Bonchev–Trinajstić information content (AvgIpc) is 2.47. The zero-order valence-electron chi connectivity index (χ0n) is 15.0. The number of amides is 1. The van der Waals surface area contributed by atoms with Crippen molar-refractivity contribution < 1.29 is 27.9 Å². The molecule has 9 heteroatoms. The standard InChI is InChI=1S/C16H24N2O6S/c1-6-24-12-8-7-11(9-13(12)25(22,23)18(4)5)17-14(19)10-16(2,3)15(20)21/h7-9H,6,10H2,1-5H3,(H,17,19)(H,20,21). The third-order valence-electron chi connectivity index (χ3n) is 3.47. The molecular weight excluding hydrogens is 348 g/mol. The SMILES string of the molecule is CCOc1ccc(NC(=O)CC(C)(C)C(=O)O)cc1S(=O)(=O)N(C)C. The van der Waals surface area contributed by atoms with Crippen molar-refractivity contribution in [1.29, 1.82) is 0 Å². The molecule has 0 saturated heterocycles. The van der Waals surface area contributed by atoms with Gasteiger partial charge in [-0.25, -0.2) is 12.7 Å². The summed E-state index contributed by atoms with van der Waals surface area (Å²) in [5.41, 5.74) is -0.983. The summed E-state index contributed by atoms with van der Waals surface area (Å²) < 4.78 is 31.3. The fraction of sp³-hybridized carbons (Fsp3) is 0.500. The summed E-state index contributed by atoms with van der Waals surface area (Å²) in [6, 6.07) is 4.26. The van der Waals surface area contributed by atoms with E-state index in [4.69, 9.17) is 9.84 Å². The van der Waals surface area contributed by atoms with E-state index < -0.39 is 27.3 Å². The van der Waals surface area contributed by atoms with Crippen molar-refractivity contribution in [3.63, 3.8) is 0 Å². The second kappa shape index (κ2) is 7.83. The molecule has 0 unspecified atom stereocenters. The molecule has 1 aromatic rings. The van der Waals surface area contributed by atoms with E-state index in [0.29, 0.717) is 0 Å². The van der Waals surface area contributed by atoms with Gasteiger partial charge in [0, 0.05) is 26.2 Å². The largest absolute Gasteiger partial charge is 0.492 e. The van der Waals surface area contributed by atoms with Crippen molar-refractivity contribution in [3.05, 3.63) is 18.2 Å². The Balaban J connectivity index is 3.15. The molecule has 0 radical (unpaired) electrons. The molecule has 0 aliphatic rings. The van der Waals surface area contributed by atoms with Crippen molar-refractivity contribution in [3.8, 4) is 5.75 Å². The van der Waals surface area contributed by atoms with Gasteiger partial charge in [-0.3, -0.25) is 9.59 Å². The lowest BCUT2D eigenvalue weighted by Gasteiger charge is -2.19. The van der Waals surface area contributed by atoms with Crippen LogP contribution in [0, 0.1) is 5.41 Å². The number of nitrogens with one attached hydrogen (secondary N) is 1. The second-order valence-corrected chi connectivity index (χ2v) is 8.42. The number of hydrogen-bond donors (Lipinski definition) is 2. The summed E-state index contributed by atoms with van der Waals surface area (Å²) in [4.78, 5) is 23.1. The summed E-state index contributed by atoms with van der Waals surface area (Å²) in [5, 5.41) is 11.6. The molecule has 1 aromatic carbocycles. The number of sulfonamides is 1. The van der Waals surface area contributed by atoms with Gasteiger partial charge < -0.3 is 15.2 Å². The highest BCUT2D eigenvalue weighted by Gasteiger charge is 2.30. The number of hydrogen-bond acceptors (Lipinski definition) is 5. The summed E-state index contributed by atoms with van der Waals surface area (Å²) in [6.45, 7) is 4.90. The molecule has 0 aliphatic carbocycles. The van der Waals surface area contributed by atoms with E-state index in [1.54, 1.807) is 6.92 Å². The summed E-state index contributed by atoms with van der Waals surface area (Å²) >= 11 is 0. The van der Waals surface area contributed by atoms with Gasteiger partial charge in [0.25, 0.3) is 0 Å². The van der Waals surface area contributed by atoms with Crippen LogP contribution in [0.1, 0.15) is 27.2 Å². The zero-order chi connectivity index (χ0) is 19.4. The Bertz CT molecular complexity index is 756. The predicted octanol–water partition coefficient (Wildman–Crippen LogP) is 1.77.